The van der Waals surface area contributed by atoms with E-state index >= 15 is 0 Å². The van der Waals surface area contributed by atoms with Crippen molar-refractivity contribution < 1.29 is 23.5 Å². The predicted molar refractivity (Wildman–Crippen MR) is 119 cm³/mol. The molecule has 1 aliphatic rings. The number of hydrogen-bond acceptors (Lipinski definition) is 4. The van der Waals surface area contributed by atoms with Gasteiger partial charge in [-0.2, -0.15) is 0 Å². The molecule has 4 rings (SSSR count). The number of benzene rings is 3. The van der Waals surface area contributed by atoms with Crippen molar-refractivity contribution >= 4 is 12.1 Å². The number of halogens is 1. The van der Waals surface area contributed by atoms with Crippen LogP contribution < -0.4 is 0 Å². The van der Waals surface area contributed by atoms with Crippen LogP contribution in [0, 0.1) is 5.82 Å². The van der Waals surface area contributed by atoms with E-state index in [1.165, 1.54) is 6.07 Å². The number of fused-ring (bicyclic) bond motifs is 1. The van der Waals surface area contributed by atoms with Crippen molar-refractivity contribution in [3.63, 3.8) is 0 Å². The Labute approximate surface area is 186 Å². The van der Waals surface area contributed by atoms with Gasteiger partial charge in [0.15, 0.2) is 0 Å². The van der Waals surface area contributed by atoms with E-state index in [2.05, 4.69) is 0 Å². The van der Waals surface area contributed by atoms with Crippen LogP contribution in [0.25, 0.3) is 11.1 Å². The molecule has 0 atom stereocenters. The molecule has 5 nitrogen and oxygen atoms in total. The maximum Gasteiger partial charge on any atom is 0.410 e. The lowest BCUT2D eigenvalue weighted by atomic mass is 9.90. The van der Waals surface area contributed by atoms with E-state index in [1.54, 1.807) is 36.1 Å². The molecule has 0 spiro atoms. The summed E-state index contributed by atoms with van der Waals surface area (Å²) in [6.45, 7) is 2.84. The standard InChI is InChI=1S/C26H24FNO4/c1-2-31-25(29)20-10-6-9-19(15-20)21-11-12-24(27)22-13-14-28(16-23(21)22)26(30)32-17-18-7-4-3-5-8-18/h3-12,15H,2,13-14,16-17H2,1H3. The summed E-state index contributed by atoms with van der Waals surface area (Å²) < 4.78 is 25.1. The van der Waals surface area contributed by atoms with Crippen LogP contribution in [-0.4, -0.2) is 30.1 Å². The zero-order chi connectivity index (χ0) is 22.5. The topological polar surface area (TPSA) is 55.8 Å². The van der Waals surface area contributed by atoms with Gasteiger partial charge >= 0.3 is 12.1 Å². The highest BCUT2D eigenvalue weighted by Crippen LogP contribution is 2.33. The fourth-order valence-electron chi connectivity index (χ4n) is 3.90. The Morgan fingerprint density at radius 1 is 0.969 bits per heavy atom. The monoisotopic (exact) mass is 433 g/mol. The average Bonchev–Trinajstić information content (AvgIpc) is 2.83. The zero-order valence-electron chi connectivity index (χ0n) is 17.8. The molecule has 0 saturated carbocycles. The number of carbonyl (C=O) groups excluding carboxylic acids is 2. The van der Waals surface area contributed by atoms with E-state index in [-0.39, 0.29) is 25.6 Å². The fraction of sp³-hybridized carbons (Fsp3) is 0.231. The molecule has 3 aromatic rings. The van der Waals surface area contributed by atoms with Crippen molar-refractivity contribution in [2.24, 2.45) is 0 Å². The first-order chi connectivity index (χ1) is 15.6. The van der Waals surface area contributed by atoms with Crippen molar-refractivity contribution in [1.29, 1.82) is 0 Å². The number of esters is 1. The third-order valence-corrected chi connectivity index (χ3v) is 5.50. The van der Waals surface area contributed by atoms with Gasteiger partial charge in [-0.25, -0.2) is 14.0 Å². The van der Waals surface area contributed by atoms with E-state index in [4.69, 9.17) is 9.47 Å². The Hall–Kier alpha value is -3.67. The van der Waals surface area contributed by atoms with Crippen molar-refractivity contribution in [3.05, 3.63) is 94.8 Å². The highest BCUT2D eigenvalue weighted by molar-refractivity contribution is 5.91. The van der Waals surface area contributed by atoms with Crippen LogP contribution in [0.15, 0.2) is 66.7 Å². The van der Waals surface area contributed by atoms with Crippen molar-refractivity contribution in [2.45, 2.75) is 26.5 Å². The largest absolute Gasteiger partial charge is 0.462 e. The number of carbonyl (C=O) groups is 2. The summed E-state index contributed by atoms with van der Waals surface area (Å²) in [6, 6.07) is 19.6. The highest BCUT2D eigenvalue weighted by Gasteiger charge is 2.26. The summed E-state index contributed by atoms with van der Waals surface area (Å²) in [4.78, 5) is 26.4. The molecule has 164 valence electrons. The Bertz CT molecular complexity index is 1130. The van der Waals surface area contributed by atoms with Gasteiger partial charge in [0, 0.05) is 13.1 Å². The number of hydrogen-bond donors (Lipinski definition) is 0. The van der Waals surface area contributed by atoms with Gasteiger partial charge in [0.05, 0.1) is 12.2 Å². The second-order valence-corrected chi connectivity index (χ2v) is 7.57. The SMILES string of the molecule is CCOC(=O)c1cccc(-c2ccc(F)c3c2CN(C(=O)OCc2ccccc2)CC3)c1. The van der Waals surface area contributed by atoms with Crippen LogP contribution in [0.3, 0.4) is 0 Å². The third kappa shape index (κ3) is 4.64. The summed E-state index contributed by atoms with van der Waals surface area (Å²) in [5.74, 6) is -0.695. The molecule has 0 fully saturated rings. The van der Waals surface area contributed by atoms with Crippen LogP contribution in [0.2, 0.25) is 0 Å². The lowest BCUT2D eigenvalue weighted by Crippen LogP contribution is -2.37. The Morgan fingerprint density at radius 2 is 1.78 bits per heavy atom. The first kappa shape index (κ1) is 21.6. The lowest BCUT2D eigenvalue weighted by molar-refractivity contribution is 0.0526. The summed E-state index contributed by atoms with van der Waals surface area (Å²) in [5.41, 5.74) is 4.21. The first-order valence-corrected chi connectivity index (χ1v) is 10.6. The van der Waals surface area contributed by atoms with Crippen LogP contribution in [-0.2, 0) is 29.0 Å². The third-order valence-electron chi connectivity index (χ3n) is 5.50. The summed E-state index contributed by atoms with van der Waals surface area (Å²) in [6.07, 6.45) is -0.0394. The van der Waals surface area contributed by atoms with E-state index in [9.17, 15) is 14.0 Å². The number of amides is 1. The highest BCUT2D eigenvalue weighted by atomic mass is 19.1. The second-order valence-electron chi connectivity index (χ2n) is 7.57. The summed E-state index contributed by atoms with van der Waals surface area (Å²) in [7, 11) is 0. The molecule has 0 radical (unpaired) electrons. The minimum absolute atomic E-state index is 0.181. The molecule has 32 heavy (non-hydrogen) atoms. The molecule has 1 heterocycles. The average molecular weight is 433 g/mol. The van der Waals surface area contributed by atoms with Gasteiger partial charge in [0.1, 0.15) is 12.4 Å². The normalized spacial score (nSPS) is 12.8. The summed E-state index contributed by atoms with van der Waals surface area (Å²) in [5, 5.41) is 0. The molecular formula is C26H24FNO4. The molecule has 6 heteroatoms. The van der Waals surface area contributed by atoms with Crippen LogP contribution in [0.5, 0.6) is 0 Å². The molecule has 1 aliphatic heterocycles. The zero-order valence-corrected chi connectivity index (χ0v) is 17.8. The predicted octanol–water partition coefficient (Wildman–Crippen LogP) is 5.36. The maximum absolute atomic E-state index is 14.6. The Kier molecular flexibility index (Phi) is 6.50. The lowest BCUT2D eigenvalue weighted by Gasteiger charge is -2.30. The Balaban J connectivity index is 1.58. The van der Waals surface area contributed by atoms with Crippen molar-refractivity contribution in [3.8, 4) is 11.1 Å². The first-order valence-electron chi connectivity index (χ1n) is 10.6. The number of rotatable bonds is 5. The van der Waals surface area contributed by atoms with Crippen molar-refractivity contribution in [1.82, 2.24) is 4.90 Å². The fourth-order valence-corrected chi connectivity index (χ4v) is 3.90. The van der Waals surface area contributed by atoms with Crippen LogP contribution in [0.1, 0.15) is 34.0 Å². The van der Waals surface area contributed by atoms with E-state index in [0.29, 0.717) is 24.1 Å². The quantitative estimate of drug-likeness (QED) is 0.508. The second kappa shape index (κ2) is 9.64. The molecule has 0 unspecified atom stereocenters. The number of nitrogens with zero attached hydrogens (tertiary/aromatic N) is 1. The maximum atomic E-state index is 14.6. The van der Waals surface area contributed by atoms with Crippen molar-refractivity contribution in [2.75, 3.05) is 13.2 Å². The van der Waals surface area contributed by atoms with Gasteiger partial charge < -0.3 is 14.4 Å². The van der Waals surface area contributed by atoms with E-state index in [1.807, 2.05) is 36.4 Å². The minimum Gasteiger partial charge on any atom is -0.462 e. The van der Waals surface area contributed by atoms with Gasteiger partial charge in [-0.3, -0.25) is 0 Å². The smallest absolute Gasteiger partial charge is 0.410 e. The Morgan fingerprint density at radius 3 is 2.56 bits per heavy atom. The van der Waals surface area contributed by atoms with E-state index in [0.717, 1.165) is 22.3 Å². The van der Waals surface area contributed by atoms with Crippen LogP contribution >= 0.6 is 0 Å². The number of ether oxygens (including phenoxy) is 2. The van der Waals surface area contributed by atoms with Crippen LogP contribution in [0.4, 0.5) is 9.18 Å². The molecule has 0 N–H and O–H groups in total. The van der Waals surface area contributed by atoms with Gasteiger partial charge in [-0.05, 0) is 59.4 Å². The van der Waals surface area contributed by atoms with Gasteiger partial charge in [-0.15, -0.1) is 0 Å². The minimum atomic E-state index is -0.435. The molecule has 3 aromatic carbocycles. The molecule has 0 saturated heterocycles. The van der Waals surface area contributed by atoms with Gasteiger partial charge in [-0.1, -0.05) is 48.5 Å². The van der Waals surface area contributed by atoms with Gasteiger partial charge in [0.25, 0.3) is 0 Å². The molecule has 0 aliphatic carbocycles. The molecule has 1 amide bonds. The van der Waals surface area contributed by atoms with Gasteiger partial charge in [0.2, 0.25) is 0 Å². The van der Waals surface area contributed by atoms with E-state index < -0.39 is 12.1 Å². The summed E-state index contributed by atoms with van der Waals surface area (Å²) >= 11 is 0. The molecule has 0 bridgehead atoms. The molecule has 0 aromatic heterocycles. The molecular weight excluding hydrogens is 409 g/mol.